The van der Waals surface area contributed by atoms with Gasteiger partial charge in [-0.15, -0.1) is 0 Å². The van der Waals surface area contributed by atoms with Gasteiger partial charge in [-0.3, -0.25) is 4.79 Å². The van der Waals surface area contributed by atoms with Crippen LogP contribution in [-0.2, 0) is 4.79 Å². The van der Waals surface area contributed by atoms with Gasteiger partial charge < -0.3 is 20.7 Å². The van der Waals surface area contributed by atoms with Gasteiger partial charge in [0.2, 0.25) is 5.91 Å². The number of primary amides is 1. The van der Waals surface area contributed by atoms with E-state index in [1.54, 1.807) is 0 Å². The fraction of sp³-hybridized carbons (Fsp3) is 0.600. The van der Waals surface area contributed by atoms with Gasteiger partial charge in [0.05, 0.1) is 6.54 Å². The molecular formula is C20H32N4O2. The number of benzene rings is 1. The summed E-state index contributed by atoms with van der Waals surface area (Å²) in [5.74, 6) is 1.88. The number of carbonyl (C=O) groups excluding carboxylic acids is 1. The Balaban J connectivity index is 1.90. The Morgan fingerprint density at radius 3 is 2.73 bits per heavy atom. The molecule has 1 atom stereocenters. The van der Waals surface area contributed by atoms with Crippen molar-refractivity contribution >= 4 is 11.9 Å². The van der Waals surface area contributed by atoms with Crippen LogP contribution in [0.15, 0.2) is 23.2 Å². The Morgan fingerprint density at radius 1 is 1.35 bits per heavy atom. The zero-order valence-corrected chi connectivity index (χ0v) is 16.3. The van der Waals surface area contributed by atoms with E-state index in [1.165, 1.54) is 11.1 Å². The van der Waals surface area contributed by atoms with Gasteiger partial charge in [-0.1, -0.05) is 6.07 Å². The van der Waals surface area contributed by atoms with Crippen molar-refractivity contribution in [1.82, 2.24) is 10.2 Å². The molecule has 1 amide bonds. The first-order chi connectivity index (χ1) is 12.5. The molecule has 26 heavy (non-hydrogen) atoms. The number of guanidine groups is 1. The molecule has 3 N–H and O–H groups in total. The van der Waals surface area contributed by atoms with Crippen molar-refractivity contribution in [2.75, 3.05) is 32.8 Å². The molecule has 144 valence electrons. The summed E-state index contributed by atoms with van der Waals surface area (Å²) in [6, 6.07) is 6.22. The quantitative estimate of drug-likeness (QED) is 0.444. The third kappa shape index (κ3) is 6.58. The van der Waals surface area contributed by atoms with Crippen LogP contribution in [0, 0.1) is 19.8 Å². The van der Waals surface area contributed by atoms with Crippen LogP contribution in [0.2, 0.25) is 0 Å². The maximum atomic E-state index is 11.2. The first kappa shape index (κ1) is 20.1. The lowest BCUT2D eigenvalue weighted by Crippen LogP contribution is -2.47. The standard InChI is InChI=1S/C20H32N4O2/c1-4-22-20(24-8-5-6-17(14-24)13-19(21)25)23-7-9-26-18-11-15(2)10-16(3)12-18/h10-12,17H,4-9,13-14H2,1-3H3,(H2,21,25)(H,22,23). The van der Waals surface area contributed by atoms with E-state index >= 15 is 0 Å². The highest BCUT2D eigenvalue weighted by molar-refractivity contribution is 5.80. The van der Waals surface area contributed by atoms with Crippen LogP contribution in [-0.4, -0.2) is 49.6 Å². The molecule has 0 saturated carbocycles. The molecule has 1 unspecified atom stereocenters. The number of hydrogen-bond donors (Lipinski definition) is 2. The Bertz CT molecular complexity index is 610. The van der Waals surface area contributed by atoms with E-state index in [0.29, 0.717) is 25.5 Å². The lowest BCUT2D eigenvalue weighted by atomic mass is 9.95. The third-order valence-corrected chi connectivity index (χ3v) is 4.46. The number of ether oxygens (including phenoxy) is 1. The average Bonchev–Trinajstić information content (AvgIpc) is 2.56. The summed E-state index contributed by atoms with van der Waals surface area (Å²) in [7, 11) is 0. The van der Waals surface area contributed by atoms with Gasteiger partial charge in [0.15, 0.2) is 5.96 Å². The third-order valence-electron chi connectivity index (χ3n) is 4.46. The maximum absolute atomic E-state index is 11.2. The van der Waals surface area contributed by atoms with E-state index in [2.05, 4.69) is 37.1 Å². The van der Waals surface area contributed by atoms with Crippen LogP contribution in [0.25, 0.3) is 0 Å². The Hall–Kier alpha value is -2.24. The molecule has 0 aliphatic carbocycles. The van der Waals surface area contributed by atoms with E-state index < -0.39 is 0 Å². The van der Waals surface area contributed by atoms with E-state index in [1.807, 2.05) is 12.1 Å². The molecule has 1 aliphatic rings. The van der Waals surface area contributed by atoms with E-state index in [-0.39, 0.29) is 5.91 Å². The van der Waals surface area contributed by atoms with Crippen LogP contribution in [0.5, 0.6) is 5.75 Å². The monoisotopic (exact) mass is 360 g/mol. The molecule has 6 nitrogen and oxygen atoms in total. The highest BCUT2D eigenvalue weighted by atomic mass is 16.5. The van der Waals surface area contributed by atoms with Crippen molar-refractivity contribution in [3.05, 3.63) is 29.3 Å². The zero-order chi connectivity index (χ0) is 18.9. The van der Waals surface area contributed by atoms with Gasteiger partial charge >= 0.3 is 0 Å². The molecule has 0 radical (unpaired) electrons. The Labute approximate surface area is 156 Å². The molecule has 0 spiro atoms. The number of carbonyl (C=O) groups is 1. The van der Waals surface area contributed by atoms with Crippen molar-refractivity contribution in [1.29, 1.82) is 0 Å². The summed E-state index contributed by atoms with van der Waals surface area (Å²) >= 11 is 0. The summed E-state index contributed by atoms with van der Waals surface area (Å²) in [5, 5.41) is 3.35. The SMILES string of the molecule is CCNC(=NCCOc1cc(C)cc(C)c1)N1CCCC(CC(N)=O)C1. The van der Waals surface area contributed by atoms with Crippen molar-refractivity contribution in [2.24, 2.45) is 16.6 Å². The normalized spacial score (nSPS) is 17.9. The first-order valence-corrected chi connectivity index (χ1v) is 9.50. The first-order valence-electron chi connectivity index (χ1n) is 9.50. The zero-order valence-electron chi connectivity index (χ0n) is 16.3. The minimum atomic E-state index is -0.222. The summed E-state index contributed by atoms with van der Waals surface area (Å²) in [5.41, 5.74) is 7.76. The van der Waals surface area contributed by atoms with Crippen LogP contribution in [0.4, 0.5) is 0 Å². The molecular weight excluding hydrogens is 328 g/mol. The lowest BCUT2D eigenvalue weighted by molar-refractivity contribution is -0.119. The predicted molar refractivity (Wildman–Crippen MR) is 105 cm³/mol. The van der Waals surface area contributed by atoms with Crippen molar-refractivity contribution in [3.63, 3.8) is 0 Å². The predicted octanol–water partition coefficient (Wildman–Crippen LogP) is 2.24. The van der Waals surface area contributed by atoms with Crippen molar-refractivity contribution in [2.45, 2.75) is 40.0 Å². The second-order valence-corrected chi connectivity index (χ2v) is 7.03. The van der Waals surface area contributed by atoms with E-state index in [9.17, 15) is 4.79 Å². The van der Waals surface area contributed by atoms with E-state index in [4.69, 9.17) is 15.5 Å². The van der Waals surface area contributed by atoms with Crippen LogP contribution in [0.3, 0.4) is 0 Å². The smallest absolute Gasteiger partial charge is 0.217 e. The topological polar surface area (TPSA) is 80.0 Å². The van der Waals surface area contributed by atoms with Gasteiger partial charge in [-0.05, 0) is 62.8 Å². The molecule has 1 aromatic rings. The Kier molecular flexibility index (Phi) is 7.75. The second-order valence-electron chi connectivity index (χ2n) is 7.03. The van der Waals surface area contributed by atoms with Crippen LogP contribution >= 0.6 is 0 Å². The number of amides is 1. The number of aliphatic imine (C=N–C) groups is 1. The molecule has 1 heterocycles. The fourth-order valence-corrected chi connectivity index (χ4v) is 3.47. The summed E-state index contributed by atoms with van der Waals surface area (Å²) < 4.78 is 5.84. The number of hydrogen-bond acceptors (Lipinski definition) is 3. The molecule has 1 aliphatic heterocycles. The van der Waals surface area contributed by atoms with Gasteiger partial charge in [0.1, 0.15) is 12.4 Å². The number of nitrogens with zero attached hydrogens (tertiary/aromatic N) is 2. The molecule has 6 heteroatoms. The number of aryl methyl sites for hydroxylation is 2. The molecule has 1 saturated heterocycles. The van der Waals surface area contributed by atoms with Crippen LogP contribution < -0.4 is 15.8 Å². The molecule has 2 rings (SSSR count). The number of nitrogens with one attached hydrogen (secondary N) is 1. The number of likely N-dealkylation sites (tertiary alicyclic amines) is 1. The lowest BCUT2D eigenvalue weighted by Gasteiger charge is -2.34. The number of rotatable bonds is 7. The molecule has 0 aromatic heterocycles. The highest BCUT2D eigenvalue weighted by Crippen LogP contribution is 2.19. The largest absolute Gasteiger partial charge is 0.492 e. The number of nitrogens with two attached hydrogens (primary N) is 1. The van der Waals surface area contributed by atoms with Gasteiger partial charge in [0.25, 0.3) is 0 Å². The summed E-state index contributed by atoms with van der Waals surface area (Å²) in [4.78, 5) is 18.1. The summed E-state index contributed by atoms with van der Waals surface area (Å²) in [6.45, 7) is 9.93. The van der Waals surface area contributed by atoms with Crippen LogP contribution in [0.1, 0.15) is 37.3 Å². The van der Waals surface area contributed by atoms with Gasteiger partial charge in [-0.25, -0.2) is 4.99 Å². The Morgan fingerprint density at radius 2 is 2.08 bits per heavy atom. The fourth-order valence-electron chi connectivity index (χ4n) is 3.47. The maximum Gasteiger partial charge on any atom is 0.217 e. The molecule has 1 aromatic carbocycles. The molecule has 0 bridgehead atoms. The average molecular weight is 361 g/mol. The van der Waals surface area contributed by atoms with Crippen molar-refractivity contribution in [3.8, 4) is 5.75 Å². The molecule has 1 fully saturated rings. The number of piperidine rings is 1. The van der Waals surface area contributed by atoms with Crippen molar-refractivity contribution < 1.29 is 9.53 Å². The van der Waals surface area contributed by atoms with E-state index in [0.717, 1.165) is 44.2 Å². The minimum absolute atomic E-state index is 0.222. The summed E-state index contributed by atoms with van der Waals surface area (Å²) in [6.07, 6.45) is 2.56. The highest BCUT2D eigenvalue weighted by Gasteiger charge is 2.23. The minimum Gasteiger partial charge on any atom is -0.492 e. The van der Waals surface area contributed by atoms with Gasteiger partial charge in [0, 0.05) is 26.1 Å². The second kappa shape index (κ2) is 10.0. The van der Waals surface area contributed by atoms with Gasteiger partial charge in [-0.2, -0.15) is 0 Å².